The number of alkyl halides is 3. The van der Waals surface area contributed by atoms with Crippen LogP contribution in [0.1, 0.15) is 24.8 Å². The Labute approximate surface area is 188 Å². The molecule has 33 heavy (non-hydrogen) atoms. The van der Waals surface area contributed by atoms with E-state index in [1.165, 1.54) is 19.2 Å². The second-order valence-electron chi connectivity index (χ2n) is 7.34. The summed E-state index contributed by atoms with van der Waals surface area (Å²) < 4.78 is 88.0. The lowest BCUT2D eigenvalue weighted by atomic mass is 10.1. The molecule has 12 heteroatoms. The van der Waals surface area contributed by atoms with Crippen molar-refractivity contribution in [1.29, 1.82) is 0 Å². The average Bonchev–Trinajstić information content (AvgIpc) is 2.95. The van der Waals surface area contributed by atoms with E-state index in [4.69, 9.17) is 4.74 Å². The third-order valence-electron chi connectivity index (χ3n) is 5.07. The number of rotatable bonds is 7. The molecule has 1 N–H and O–H groups in total. The fourth-order valence-electron chi connectivity index (χ4n) is 3.50. The molecule has 1 aliphatic heterocycles. The number of nitrogens with zero attached hydrogens (tertiary/aromatic N) is 1. The van der Waals surface area contributed by atoms with Gasteiger partial charge in [-0.05, 0) is 61.2 Å². The number of sulfonamides is 1. The predicted molar refractivity (Wildman–Crippen MR) is 109 cm³/mol. The Morgan fingerprint density at radius 1 is 1.12 bits per heavy atom. The van der Waals surface area contributed by atoms with Crippen molar-refractivity contribution in [2.75, 3.05) is 13.7 Å². The molecule has 2 aromatic carbocycles. The smallest absolute Gasteiger partial charge is 0.494 e. The van der Waals surface area contributed by atoms with Gasteiger partial charge < -0.3 is 14.8 Å². The normalized spacial score (nSPS) is 17.4. The van der Waals surface area contributed by atoms with Crippen molar-refractivity contribution < 1.29 is 40.2 Å². The molecule has 180 valence electrons. The summed E-state index contributed by atoms with van der Waals surface area (Å²) in [5, 5.41) is 2.66. The molecule has 0 spiro atoms. The summed E-state index contributed by atoms with van der Waals surface area (Å²) >= 11 is 0. The number of carbonyl (C=O) groups excluding carboxylic acids is 1. The van der Waals surface area contributed by atoms with Crippen LogP contribution in [0.4, 0.5) is 17.6 Å². The van der Waals surface area contributed by atoms with E-state index in [0.29, 0.717) is 19.4 Å². The van der Waals surface area contributed by atoms with E-state index in [0.717, 1.165) is 34.6 Å². The Hall–Kier alpha value is -2.86. The lowest BCUT2D eigenvalue weighted by molar-refractivity contribution is -0.274. The van der Waals surface area contributed by atoms with Gasteiger partial charge in [-0.2, -0.15) is 4.31 Å². The van der Waals surface area contributed by atoms with Crippen molar-refractivity contribution in [2.45, 2.75) is 43.1 Å². The highest BCUT2D eigenvalue weighted by Crippen LogP contribution is 2.29. The largest absolute Gasteiger partial charge is 0.573 e. The van der Waals surface area contributed by atoms with Crippen molar-refractivity contribution in [3.8, 4) is 11.5 Å². The molecule has 1 amide bonds. The quantitative estimate of drug-likeness (QED) is 0.600. The Balaban J connectivity index is 1.98. The molecule has 2 aromatic rings. The first-order valence-corrected chi connectivity index (χ1v) is 11.4. The SMILES string of the molecule is COc1ccc(CN(C2CCCCNC2=O)S(=O)(=O)c2ccc(OC(F)(F)F)cc2)cc1F. The molecule has 1 unspecified atom stereocenters. The van der Waals surface area contributed by atoms with E-state index in [9.17, 15) is 30.8 Å². The van der Waals surface area contributed by atoms with Gasteiger partial charge in [-0.25, -0.2) is 12.8 Å². The van der Waals surface area contributed by atoms with Crippen LogP contribution in [0.25, 0.3) is 0 Å². The number of hydrogen-bond acceptors (Lipinski definition) is 5. The topological polar surface area (TPSA) is 84.9 Å². The van der Waals surface area contributed by atoms with Crippen LogP contribution >= 0.6 is 0 Å². The van der Waals surface area contributed by atoms with Gasteiger partial charge >= 0.3 is 6.36 Å². The first-order valence-electron chi connectivity index (χ1n) is 9.99. The first-order chi connectivity index (χ1) is 15.5. The highest BCUT2D eigenvalue weighted by atomic mass is 32.2. The maximum absolute atomic E-state index is 14.2. The van der Waals surface area contributed by atoms with Crippen LogP contribution in [0, 0.1) is 5.82 Å². The van der Waals surface area contributed by atoms with Crippen LogP contribution in [0.5, 0.6) is 11.5 Å². The number of carbonyl (C=O) groups is 1. The van der Waals surface area contributed by atoms with Crippen LogP contribution in [-0.4, -0.2) is 44.7 Å². The number of nitrogens with one attached hydrogen (secondary N) is 1. The van der Waals surface area contributed by atoms with Crippen molar-refractivity contribution in [2.24, 2.45) is 0 Å². The van der Waals surface area contributed by atoms with Gasteiger partial charge in [0.15, 0.2) is 11.6 Å². The van der Waals surface area contributed by atoms with E-state index in [1.54, 1.807) is 0 Å². The zero-order valence-corrected chi connectivity index (χ0v) is 18.4. The first kappa shape index (κ1) is 24.8. The van der Waals surface area contributed by atoms with Gasteiger partial charge in [0, 0.05) is 13.1 Å². The van der Waals surface area contributed by atoms with Gasteiger partial charge in [0.25, 0.3) is 0 Å². The summed E-state index contributed by atoms with van der Waals surface area (Å²) in [4.78, 5) is 12.3. The predicted octanol–water partition coefficient (Wildman–Crippen LogP) is 3.59. The zero-order valence-electron chi connectivity index (χ0n) is 17.6. The summed E-state index contributed by atoms with van der Waals surface area (Å²) in [5.41, 5.74) is 0.269. The molecular formula is C21H22F4N2O5S. The van der Waals surface area contributed by atoms with E-state index in [-0.39, 0.29) is 29.2 Å². The average molecular weight is 490 g/mol. The van der Waals surface area contributed by atoms with Gasteiger partial charge in [-0.1, -0.05) is 6.07 Å². The van der Waals surface area contributed by atoms with Gasteiger partial charge in [-0.15, -0.1) is 13.2 Å². The van der Waals surface area contributed by atoms with Gasteiger partial charge in [0.2, 0.25) is 15.9 Å². The number of ether oxygens (including phenoxy) is 2. The van der Waals surface area contributed by atoms with Gasteiger partial charge in [0.05, 0.1) is 12.0 Å². The third kappa shape index (κ3) is 6.14. The molecular weight excluding hydrogens is 468 g/mol. The minimum Gasteiger partial charge on any atom is -0.494 e. The van der Waals surface area contributed by atoms with Crippen LogP contribution in [0.2, 0.25) is 0 Å². The Morgan fingerprint density at radius 2 is 1.82 bits per heavy atom. The highest BCUT2D eigenvalue weighted by Gasteiger charge is 2.37. The molecule has 7 nitrogen and oxygen atoms in total. The van der Waals surface area contributed by atoms with Crippen LogP contribution in [0.3, 0.4) is 0 Å². The molecule has 1 atom stereocenters. The van der Waals surface area contributed by atoms with Crippen LogP contribution in [-0.2, 0) is 21.4 Å². The molecule has 0 radical (unpaired) electrons. The number of halogens is 4. The van der Waals surface area contributed by atoms with Gasteiger partial charge in [-0.3, -0.25) is 4.79 Å². The minimum absolute atomic E-state index is 0.0272. The number of amides is 1. The second-order valence-corrected chi connectivity index (χ2v) is 9.23. The van der Waals surface area contributed by atoms with Crippen molar-refractivity contribution in [3.05, 3.63) is 53.8 Å². The van der Waals surface area contributed by atoms with Gasteiger partial charge in [0.1, 0.15) is 11.8 Å². The Kier molecular flexibility index (Phi) is 7.48. The summed E-state index contributed by atoms with van der Waals surface area (Å²) in [7, 11) is -3.07. The standard InChI is InChI=1S/C21H22F4N2O5S/c1-31-19-10-5-14(12-17(19)22)13-27(18-4-2-3-11-26-20(18)28)33(29,30)16-8-6-15(7-9-16)32-21(23,24)25/h5-10,12,18H,2-4,11,13H2,1H3,(H,26,28). The van der Waals surface area contributed by atoms with Crippen molar-refractivity contribution in [3.63, 3.8) is 0 Å². The van der Waals surface area contributed by atoms with Crippen molar-refractivity contribution in [1.82, 2.24) is 9.62 Å². The second kappa shape index (κ2) is 9.96. The minimum atomic E-state index is -4.93. The summed E-state index contributed by atoms with van der Waals surface area (Å²) in [5.74, 6) is -1.81. The molecule has 1 aliphatic rings. The molecule has 0 aliphatic carbocycles. The maximum Gasteiger partial charge on any atom is 0.573 e. The van der Waals surface area contributed by atoms with E-state index in [1.807, 2.05) is 0 Å². The molecule has 0 saturated carbocycles. The molecule has 0 aromatic heterocycles. The molecule has 1 heterocycles. The Morgan fingerprint density at radius 3 is 2.42 bits per heavy atom. The molecule has 0 bridgehead atoms. The maximum atomic E-state index is 14.2. The van der Waals surface area contributed by atoms with Crippen molar-refractivity contribution >= 4 is 15.9 Å². The summed E-state index contributed by atoms with van der Waals surface area (Å²) in [6.07, 6.45) is -3.45. The highest BCUT2D eigenvalue weighted by molar-refractivity contribution is 7.89. The fraction of sp³-hybridized carbons (Fsp3) is 0.381. The number of hydrogen-bond donors (Lipinski definition) is 1. The third-order valence-corrected chi connectivity index (χ3v) is 6.94. The monoisotopic (exact) mass is 490 g/mol. The lowest BCUT2D eigenvalue weighted by Crippen LogP contribution is -2.48. The van der Waals surface area contributed by atoms with E-state index < -0.39 is 39.9 Å². The molecule has 1 saturated heterocycles. The molecule has 1 fully saturated rings. The van der Waals surface area contributed by atoms with E-state index >= 15 is 0 Å². The number of methoxy groups -OCH3 is 1. The summed E-state index contributed by atoms with van der Waals surface area (Å²) in [6, 6.07) is 6.52. The lowest BCUT2D eigenvalue weighted by Gasteiger charge is -2.29. The van der Waals surface area contributed by atoms with Crippen LogP contribution in [0.15, 0.2) is 47.4 Å². The summed E-state index contributed by atoms with van der Waals surface area (Å²) in [6.45, 7) is 0.0615. The zero-order chi connectivity index (χ0) is 24.2. The number of benzene rings is 2. The van der Waals surface area contributed by atoms with E-state index in [2.05, 4.69) is 10.1 Å². The Bertz CT molecular complexity index is 1090. The molecule has 3 rings (SSSR count). The fourth-order valence-corrected chi connectivity index (χ4v) is 5.10. The van der Waals surface area contributed by atoms with Crippen LogP contribution < -0.4 is 14.8 Å².